The largest absolute Gasteiger partial charge is 0.361 e. The number of aromatic nitrogens is 1. The number of aryl methyl sites for hydroxylation is 1. The minimum atomic E-state index is -0.00563. The number of amides is 1. The van der Waals surface area contributed by atoms with Crippen molar-refractivity contribution in [1.82, 2.24) is 10.1 Å². The number of rotatable bonds is 3. The third kappa shape index (κ3) is 2.45. The highest BCUT2D eigenvalue weighted by molar-refractivity contribution is 9.09. The van der Waals surface area contributed by atoms with Gasteiger partial charge >= 0.3 is 0 Å². The van der Waals surface area contributed by atoms with Gasteiger partial charge in [-0.3, -0.25) is 4.79 Å². The van der Waals surface area contributed by atoms with Crippen molar-refractivity contribution >= 4 is 21.8 Å². The van der Waals surface area contributed by atoms with Gasteiger partial charge in [0.15, 0.2) is 5.69 Å². The van der Waals surface area contributed by atoms with Crippen LogP contribution in [0.5, 0.6) is 0 Å². The average molecular weight is 287 g/mol. The predicted molar refractivity (Wildman–Crippen MR) is 63.7 cm³/mol. The molecule has 1 aromatic rings. The highest BCUT2D eigenvalue weighted by atomic mass is 79.9. The summed E-state index contributed by atoms with van der Waals surface area (Å²) in [7, 11) is 0. The lowest BCUT2D eigenvalue weighted by Crippen LogP contribution is -2.28. The van der Waals surface area contributed by atoms with Gasteiger partial charge in [-0.15, -0.1) is 0 Å². The molecule has 1 saturated heterocycles. The van der Waals surface area contributed by atoms with Gasteiger partial charge in [0.05, 0.1) is 0 Å². The summed E-state index contributed by atoms with van der Waals surface area (Å²) in [5.41, 5.74) is 0.428. The van der Waals surface area contributed by atoms with E-state index in [-0.39, 0.29) is 5.91 Å². The van der Waals surface area contributed by atoms with Crippen molar-refractivity contribution in [2.24, 2.45) is 5.92 Å². The molecule has 88 valence electrons. The van der Waals surface area contributed by atoms with Crippen LogP contribution in [-0.2, 0) is 0 Å². The highest BCUT2D eigenvalue weighted by Crippen LogP contribution is 2.21. The number of hydrogen-bond donors (Lipinski definition) is 0. The minimum absolute atomic E-state index is 0.00563. The second-order valence-electron chi connectivity index (χ2n) is 4.21. The maximum absolute atomic E-state index is 12.0. The molecule has 0 saturated carbocycles. The second kappa shape index (κ2) is 4.99. The maximum atomic E-state index is 12.0. The molecule has 1 aromatic heterocycles. The van der Waals surface area contributed by atoms with Crippen LogP contribution in [0.4, 0.5) is 0 Å². The van der Waals surface area contributed by atoms with Crippen molar-refractivity contribution in [1.29, 1.82) is 0 Å². The Morgan fingerprint density at radius 3 is 3.19 bits per heavy atom. The molecule has 0 bridgehead atoms. The van der Waals surface area contributed by atoms with E-state index >= 15 is 0 Å². The van der Waals surface area contributed by atoms with E-state index in [0.29, 0.717) is 17.4 Å². The number of nitrogens with zero attached hydrogens (tertiary/aromatic N) is 2. The van der Waals surface area contributed by atoms with Gasteiger partial charge in [-0.05, 0) is 25.7 Å². The fraction of sp³-hybridized carbons (Fsp3) is 0.636. The van der Waals surface area contributed by atoms with Crippen molar-refractivity contribution in [3.8, 4) is 0 Å². The number of carbonyl (C=O) groups excluding carboxylic acids is 1. The van der Waals surface area contributed by atoms with Crippen LogP contribution < -0.4 is 0 Å². The van der Waals surface area contributed by atoms with Gasteiger partial charge in [0.1, 0.15) is 5.76 Å². The molecule has 0 N–H and O–H groups in total. The summed E-state index contributed by atoms with van der Waals surface area (Å²) in [6, 6.07) is 1.69. The fourth-order valence-electron chi connectivity index (χ4n) is 2.04. The van der Waals surface area contributed by atoms with Crippen LogP contribution in [0, 0.1) is 12.8 Å². The van der Waals surface area contributed by atoms with Crippen LogP contribution in [0.1, 0.15) is 29.1 Å². The normalized spacial score (nSPS) is 20.4. The lowest BCUT2D eigenvalue weighted by Gasteiger charge is -2.14. The molecule has 16 heavy (non-hydrogen) atoms. The molecule has 1 unspecified atom stereocenters. The quantitative estimate of drug-likeness (QED) is 0.801. The molecule has 1 aliphatic rings. The Labute approximate surface area is 103 Å². The molecule has 5 heteroatoms. The van der Waals surface area contributed by atoms with Crippen LogP contribution in [0.2, 0.25) is 0 Å². The molecule has 1 aliphatic heterocycles. The summed E-state index contributed by atoms with van der Waals surface area (Å²) in [5.74, 6) is 1.30. The van der Waals surface area contributed by atoms with Gasteiger partial charge < -0.3 is 9.42 Å². The summed E-state index contributed by atoms with van der Waals surface area (Å²) in [6.07, 6.45) is 2.22. The first-order chi connectivity index (χ1) is 7.70. The lowest BCUT2D eigenvalue weighted by atomic mass is 10.1. The highest BCUT2D eigenvalue weighted by Gasteiger charge is 2.27. The third-order valence-corrected chi connectivity index (χ3v) is 3.40. The Balaban J connectivity index is 1.97. The topological polar surface area (TPSA) is 46.3 Å². The summed E-state index contributed by atoms with van der Waals surface area (Å²) in [4.78, 5) is 13.9. The minimum Gasteiger partial charge on any atom is -0.361 e. The molecule has 1 amide bonds. The molecule has 0 radical (unpaired) electrons. The number of hydrogen-bond acceptors (Lipinski definition) is 3. The molecule has 0 aliphatic carbocycles. The van der Waals surface area contributed by atoms with Gasteiger partial charge in [0, 0.05) is 24.5 Å². The van der Waals surface area contributed by atoms with E-state index in [0.717, 1.165) is 31.3 Å². The Hall–Kier alpha value is -0.840. The van der Waals surface area contributed by atoms with Gasteiger partial charge in [0.25, 0.3) is 5.91 Å². The van der Waals surface area contributed by atoms with Gasteiger partial charge in [-0.2, -0.15) is 0 Å². The molecule has 4 nitrogen and oxygen atoms in total. The van der Waals surface area contributed by atoms with Crippen molar-refractivity contribution in [3.63, 3.8) is 0 Å². The monoisotopic (exact) mass is 286 g/mol. The Morgan fingerprint density at radius 1 is 1.75 bits per heavy atom. The summed E-state index contributed by atoms with van der Waals surface area (Å²) >= 11 is 3.43. The zero-order chi connectivity index (χ0) is 11.5. The summed E-state index contributed by atoms with van der Waals surface area (Å²) in [5, 5.41) is 4.76. The van der Waals surface area contributed by atoms with Gasteiger partial charge in [0.2, 0.25) is 0 Å². The van der Waals surface area contributed by atoms with E-state index in [1.165, 1.54) is 0 Å². The van der Waals surface area contributed by atoms with E-state index < -0.39 is 0 Å². The average Bonchev–Trinajstić information content (AvgIpc) is 2.87. The van der Waals surface area contributed by atoms with Crippen molar-refractivity contribution < 1.29 is 9.32 Å². The number of carbonyl (C=O) groups is 1. The van der Waals surface area contributed by atoms with Crippen LogP contribution in [0.25, 0.3) is 0 Å². The third-order valence-electron chi connectivity index (χ3n) is 2.94. The SMILES string of the molecule is Cc1cc(C(=O)N2CCC(CCBr)C2)no1. The van der Waals surface area contributed by atoms with Crippen molar-refractivity contribution in [2.75, 3.05) is 18.4 Å². The Morgan fingerprint density at radius 2 is 2.56 bits per heavy atom. The standard InChI is InChI=1S/C11H15BrN2O2/c1-8-6-10(13-16-8)11(15)14-5-3-9(7-14)2-4-12/h6,9H,2-5,7H2,1H3. The van der Waals surface area contributed by atoms with Gasteiger partial charge in [-0.25, -0.2) is 0 Å². The molecule has 2 rings (SSSR count). The van der Waals surface area contributed by atoms with Crippen LogP contribution in [0.15, 0.2) is 10.6 Å². The molecular weight excluding hydrogens is 272 g/mol. The zero-order valence-electron chi connectivity index (χ0n) is 9.28. The van der Waals surface area contributed by atoms with Crippen molar-refractivity contribution in [3.05, 3.63) is 17.5 Å². The number of halogens is 1. The second-order valence-corrected chi connectivity index (χ2v) is 5.00. The predicted octanol–water partition coefficient (Wildman–Crippen LogP) is 2.23. The fourth-order valence-corrected chi connectivity index (χ4v) is 2.68. The first-order valence-corrected chi connectivity index (χ1v) is 6.61. The smallest absolute Gasteiger partial charge is 0.276 e. The molecular formula is C11H15BrN2O2. The first-order valence-electron chi connectivity index (χ1n) is 5.49. The zero-order valence-corrected chi connectivity index (χ0v) is 10.9. The van der Waals surface area contributed by atoms with E-state index in [1.807, 2.05) is 4.90 Å². The summed E-state index contributed by atoms with van der Waals surface area (Å²) < 4.78 is 4.91. The van der Waals surface area contributed by atoms with E-state index in [1.54, 1.807) is 13.0 Å². The first kappa shape index (κ1) is 11.6. The summed E-state index contributed by atoms with van der Waals surface area (Å²) in [6.45, 7) is 3.47. The van der Waals surface area contributed by atoms with Crippen LogP contribution in [-0.4, -0.2) is 34.4 Å². The Kier molecular flexibility index (Phi) is 3.63. The van der Waals surface area contributed by atoms with Crippen LogP contribution >= 0.6 is 15.9 Å². The molecule has 1 atom stereocenters. The Bertz CT molecular complexity index is 378. The molecule has 0 aromatic carbocycles. The molecule has 0 spiro atoms. The van der Waals surface area contributed by atoms with E-state index in [4.69, 9.17) is 4.52 Å². The lowest BCUT2D eigenvalue weighted by molar-refractivity contribution is 0.0776. The molecule has 1 fully saturated rings. The maximum Gasteiger partial charge on any atom is 0.276 e. The van der Waals surface area contributed by atoms with E-state index in [2.05, 4.69) is 21.1 Å². The number of likely N-dealkylation sites (tertiary alicyclic amines) is 1. The molecule has 2 heterocycles. The van der Waals surface area contributed by atoms with Crippen LogP contribution in [0.3, 0.4) is 0 Å². The number of alkyl halides is 1. The van der Waals surface area contributed by atoms with Gasteiger partial charge in [-0.1, -0.05) is 21.1 Å². The van der Waals surface area contributed by atoms with E-state index in [9.17, 15) is 4.79 Å². The van der Waals surface area contributed by atoms with Crippen molar-refractivity contribution in [2.45, 2.75) is 19.8 Å².